The van der Waals surface area contributed by atoms with Gasteiger partial charge in [0.15, 0.2) is 0 Å². The summed E-state index contributed by atoms with van der Waals surface area (Å²) in [6, 6.07) is 18.0. The molecule has 1 aliphatic heterocycles. The monoisotopic (exact) mass is 396 g/mol. The number of benzene rings is 2. The standard InChI is InChI=1S/C23H20N6O/c1-14-7-6-10-17(11-14)18-12-20(30)26-22-21(18)15(2)28-29(22)23-25-19(13-24-27-23)16-8-4-3-5-9-16/h3-11,13,18H,12H2,1-2H3,(H,26,30)/t18-/m0/s1. The summed E-state index contributed by atoms with van der Waals surface area (Å²) in [5.74, 6) is 0.822. The minimum absolute atomic E-state index is 0.0534. The summed E-state index contributed by atoms with van der Waals surface area (Å²) in [6.07, 6.45) is 2.00. The van der Waals surface area contributed by atoms with Crippen LogP contribution in [0.2, 0.25) is 0 Å². The number of nitrogens with one attached hydrogen (secondary N) is 1. The predicted octanol–water partition coefficient (Wildman–Crippen LogP) is 3.82. The quantitative estimate of drug-likeness (QED) is 0.569. The molecule has 1 atom stereocenters. The van der Waals surface area contributed by atoms with Crippen molar-refractivity contribution in [3.05, 3.63) is 83.2 Å². The molecule has 0 saturated heterocycles. The number of carbonyl (C=O) groups is 1. The molecule has 0 unspecified atom stereocenters. The first-order valence-electron chi connectivity index (χ1n) is 9.81. The van der Waals surface area contributed by atoms with E-state index >= 15 is 0 Å². The summed E-state index contributed by atoms with van der Waals surface area (Å²) in [6.45, 7) is 4.00. The highest BCUT2D eigenvalue weighted by atomic mass is 16.1. The number of aryl methyl sites for hydroxylation is 2. The van der Waals surface area contributed by atoms with Gasteiger partial charge in [0.2, 0.25) is 5.91 Å². The minimum Gasteiger partial charge on any atom is -0.310 e. The van der Waals surface area contributed by atoms with E-state index in [0.29, 0.717) is 23.9 Å². The third kappa shape index (κ3) is 3.14. The third-order valence-corrected chi connectivity index (χ3v) is 5.35. The molecule has 1 N–H and O–H groups in total. The number of anilines is 1. The van der Waals surface area contributed by atoms with Gasteiger partial charge in [-0.15, -0.1) is 5.10 Å². The van der Waals surface area contributed by atoms with E-state index in [-0.39, 0.29) is 11.8 Å². The Kier molecular flexibility index (Phi) is 4.35. The maximum Gasteiger partial charge on any atom is 0.272 e. The number of carbonyl (C=O) groups excluding carboxylic acids is 1. The van der Waals surface area contributed by atoms with Crippen LogP contribution in [-0.2, 0) is 4.79 Å². The van der Waals surface area contributed by atoms with Crippen molar-refractivity contribution in [3.8, 4) is 17.2 Å². The molecule has 0 spiro atoms. The molecule has 1 amide bonds. The summed E-state index contributed by atoms with van der Waals surface area (Å²) >= 11 is 0. The number of hydrogen-bond acceptors (Lipinski definition) is 5. The summed E-state index contributed by atoms with van der Waals surface area (Å²) in [4.78, 5) is 17.2. The van der Waals surface area contributed by atoms with Gasteiger partial charge in [-0.3, -0.25) is 4.79 Å². The first-order chi connectivity index (χ1) is 14.6. The van der Waals surface area contributed by atoms with E-state index in [4.69, 9.17) is 0 Å². The van der Waals surface area contributed by atoms with Crippen LogP contribution in [0.5, 0.6) is 0 Å². The van der Waals surface area contributed by atoms with Crippen molar-refractivity contribution in [1.29, 1.82) is 0 Å². The maximum atomic E-state index is 12.6. The normalized spacial score (nSPS) is 15.5. The van der Waals surface area contributed by atoms with Gasteiger partial charge in [0.1, 0.15) is 5.82 Å². The number of aromatic nitrogens is 5. The lowest BCUT2D eigenvalue weighted by Gasteiger charge is -2.24. The highest BCUT2D eigenvalue weighted by Gasteiger charge is 2.33. The molecule has 1 aliphatic rings. The van der Waals surface area contributed by atoms with E-state index < -0.39 is 0 Å². The lowest BCUT2D eigenvalue weighted by atomic mass is 9.85. The summed E-state index contributed by atoms with van der Waals surface area (Å²) in [5.41, 5.74) is 5.73. The van der Waals surface area contributed by atoms with Gasteiger partial charge in [-0.1, -0.05) is 60.2 Å². The first kappa shape index (κ1) is 18.2. The van der Waals surface area contributed by atoms with Crippen LogP contribution in [0.3, 0.4) is 0 Å². The molecule has 7 heteroatoms. The fourth-order valence-electron chi connectivity index (χ4n) is 4.00. The second-order valence-corrected chi connectivity index (χ2v) is 7.49. The van der Waals surface area contributed by atoms with Crippen LogP contribution in [0, 0.1) is 13.8 Å². The summed E-state index contributed by atoms with van der Waals surface area (Å²) in [5, 5.41) is 15.9. The van der Waals surface area contributed by atoms with Gasteiger partial charge in [0.05, 0.1) is 17.6 Å². The topological polar surface area (TPSA) is 85.6 Å². The Morgan fingerprint density at radius 3 is 2.70 bits per heavy atom. The van der Waals surface area contributed by atoms with Crippen LogP contribution in [-0.4, -0.2) is 30.9 Å². The van der Waals surface area contributed by atoms with Crippen molar-refractivity contribution >= 4 is 11.7 Å². The number of fused-ring (bicyclic) bond motifs is 1. The van der Waals surface area contributed by atoms with Gasteiger partial charge >= 0.3 is 0 Å². The number of rotatable bonds is 3. The fourth-order valence-corrected chi connectivity index (χ4v) is 4.00. The predicted molar refractivity (Wildman–Crippen MR) is 113 cm³/mol. The highest BCUT2D eigenvalue weighted by Crippen LogP contribution is 2.40. The van der Waals surface area contributed by atoms with Crippen molar-refractivity contribution in [2.75, 3.05) is 5.32 Å². The second kappa shape index (κ2) is 7.18. The average molecular weight is 396 g/mol. The van der Waals surface area contributed by atoms with E-state index in [1.54, 1.807) is 10.9 Å². The van der Waals surface area contributed by atoms with E-state index in [2.05, 4.69) is 50.7 Å². The number of hydrogen-bond donors (Lipinski definition) is 1. The molecule has 30 heavy (non-hydrogen) atoms. The Hall–Kier alpha value is -3.87. The molecule has 148 valence electrons. The molecule has 0 radical (unpaired) electrons. The molecule has 2 aromatic carbocycles. The minimum atomic E-state index is -0.0623. The van der Waals surface area contributed by atoms with Gasteiger partial charge in [-0.25, -0.2) is 4.98 Å². The molecule has 0 bridgehead atoms. The SMILES string of the molecule is Cc1cccc([C@@H]2CC(=O)Nc3c2c(C)nn3-c2nncc(-c3ccccc3)n2)c1. The van der Waals surface area contributed by atoms with Gasteiger partial charge in [0, 0.05) is 23.5 Å². The van der Waals surface area contributed by atoms with Gasteiger partial charge in [-0.05, 0) is 19.4 Å². The van der Waals surface area contributed by atoms with Crippen LogP contribution < -0.4 is 5.32 Å². The maximum absolute atomic E-state index is 12.6. The second-order valence-electron chi connectivity index (χ2n) is 7.49. The van der Waals surface area contributed by atoms with Gasteiger partial charge < -0.3 is 5.32 Å². The first-order valence-corrected chi connectivity index (χ1v) is 9.81. The zero-order valence-electron chi connectivity index (χ0n) is 16.7. The van der Waals surface area contributed by atoms with Gasteiger partial charge in [-0.2, -0.15) is 14.9 Å². The Morgan fingerprint density at radius 2 is 1.90 bits per heavy atom. The molecule has 7 nitrogen and oxygen atoms in total. The van der Waals surface area contributed by atoms with Crippen LogP contribution in [0.4, 0.5) is 5.82 Å². The van der Waals surface area contributed by atoms with Crippen molar-refractivity contribution in [3.63, 3.8) is 0 Å². The Morgan fingerprint density at radius 1 is 1.07 bits per heavy atom. The van der Waals surface area contributed by atoms with Crippen LogP contribution >= 0.6 is 0 Å². The smallest absolute Gasteiger partial charge is 0.272 e. The highest BCUT2D eigenvalue weighted by molar-refractivity contribution is 5.95. The lowest BCUT2D eigenvalue weighted by Crippen LogP contribution is -2.25. The zero-order valence-corrected chi connectivity index (χ0v) is 16.7. The zero-order chi connectivity index (χ0) is 20.7. The molecule has 2 aromatic heterocycles. The summed E-state index contributed by atoms with van der Waals surface area (Å²) < 4.78 is 1.59. The molecular formula is C23H20N6O. The molecule has 3 heterocycles. The fraction of sp³-hybridized carbons (Fsp3) is 0.174. The van der Waals surface area contributed by atoms with Crippen LogP contribution in [0.15, 0.2) is 60.8 Å². The Bertz CT molecular complexity index is 1250. The third-order valence-electron chi connectivity index (χ3n) is 5.35. The van der Waals surface area contributed by atoms with Crippen LogP contribution in [0.1, 0.15) is 34.7 Å². The van der Waals surface area contributed by atoms with Crippen LogP contribution in [0.25, 0.3) is 17.2 Å². The molecular weight excluding hydrogens is 376 g/mol. The molecule has 0 saturated carbocycles. The van der Waals surface area contributed by atoms with Crippen molar-refractivity contribution in [2.45, 2.75) is 26.2 Å². The number of amides is 1. The Labute approximate surface area is 173 Å². The van der Waals surface area contributed by atoms with Crippen molar-refractivity contribution in [1.82, 2.24) is 25.0 Å². The molecule has 0 aliphatic carbocycles. The van der Waals surface area contributed by atoms with Crippen molar-refractivity contribution in [2.24, 2.45) is 0 Å². The molecule has 0 fully saturated rings. The lowest BCUT2D eigenvalue weighted by molar-refractivity contribution is -0.116. The molecule has 4 aromatic rings. The summed E-state index contributed by atoms with van der Waals surface area (Å²) in [7, 11) is 0. The van der Waals surface area contributed by atoms with E-state index in [0.717, 1.165) is 27.9 Å². The largest absolute Gasteiger partial charge is 0.310 e. The van der Waals surface area contributed by atoms with E-state index in [1.165, 1.54) is 0 Å². The van der Waals surface area contributed by atoms with Gasteiger partial charge in [0.25, 0.3) is 5.95 Å². The Balaban J connectivity index is 1.63. The van der Waals surface area contributed by atoms with E-state index in [1.807, 2.05) is 43.3 Å². The average Bonchev–Trinajstić information content (AvgIpc) is 3.10. The van der Waals surface area contributed by atoms with E-state index in [9.17, 15) is 4.79 Å². The molecule has 5 rings (SSSR count). The number of nitrogens with zero attached hydrogens (tertiary/aromatic N) is 5. The van der Waals surface area contributed by atoms with Crippen molar-refractivity contribution < 1.29 is 4.79 Å².